The van der Waals surface area contributed by atoms with Gasteiger partial charge in [0.25, 0.3) is 5.91 Å². The van der Waals surface area contributed by atoms with Crippen molar-refractivity contribution in [3.8, 4) is 0 Å². The zero-order valence-electron chi connectivity index (χ0n) is 10.0. The smallest absolute Gasteiger partial charge is 0.325 e. The summed E-state index contributed by atoms with van der Waals surface area (Å²) < 4.78 is 27.3. The third-order valence-corrected chi connectivity index (χ3v) is 2.35. The van der Waals surface area contributed by atoms with Crippen LogP contribution in [-0.4, -0.2) is 26.8 Å². The van der Waals surface area contributed by atoms with Gasteiger partial charge in [-0.25, -0.2) is 8.78 Å². The second kappa shape index (κ2) is 5.47. The van der Waals surface area contributed by atoms with Gasteiger partial charge in [0.05, 0.1) is 5.69 Å². The van der Waals surface area contributed by atoms with Crippen LogP contribution >= 0.6 is 0 Å². The largest absolute Gasteiger partial charge is 0.480 e. The maximum atomic E-state index is 13.3. The molecule has 0 unspecified atom stereocenters. The van der Waals surface area contributed by atoms with Crippen molar-refractivity contribution in [2.45, 2.75) is 6.54 Å². The third-order valence-electron chi connectivity index (χ3n) is 2.35. The number of nitrogens with zero attached hydrogens (tertiary/aromatic N) is 2. The summed E-state index contributed by atoms with van der Waals surface area (Å²) >= 11 is 0. The lowest BCUT2D eigenvalue weighted by Crippen LogP contribution is -2.15. The molecule has 8 heteroatoms. The molecular weight excluding hydrogens is 272 g/mol. The summed E-state index contributed by atoms with van der Waals surface area (Å²) in [4.78, 5) is 22.2. The van der Waals surface area contributed by atoms with Gasteiger partial charge in [-0.05, 0) is 18.2 Å². The Hall–Kier alpha value is -2.77. The van der Waals surface area contributed by atoms with Crippen LogP contribution in [0.25, 0.3) is 0 Å². The van der Waals surface area contributed by atoms with Crippen LogP contribution < -0.4 is 5.32 Å². The van der Waals surface area contributed by atoms with E-state index in [2.05, 4.69) is 10.4 Å². The van der Waals surface area contributed by atoms with Gasteiger partial charge in [0, 0.05) is 12.3 Å². The number of benzene rings is 1. The summed E-state index contributed by atoms with van der Waals surface area (Å²) in [6, 6.07) is 3.91. The topological polar surface area (TPSA) is 84.2 Å². The average Bonchev–Trinajstić information content (AvgIpc) is 2.81. The first-order valence-corrected chi connectivity index (χ1v) is 5.47. The van der Waals surface area contributed by atoms with Crippen molar-refractivity contribution >= 4 is 17.6 Å². The quantitative estimate of drug-likeness (QED) is 0.889. The van der Waals surface area contributed by atoms with E-state index in [1.807, 2.05) is 0 Å². The number of carboxylic acids is 1. The number of aromatic nitrogens is 2. The van der Waals surface area contributed by atoms with Crippen LogP contribution in [0.1, 0.15) is 10.5 Å². The van der Waals surface area contributed by atoms with Crippen molar-refractivity contribution in [2.75, 3.05) is 5.32 Å². The first-order chi connectivity index (χ1) is 9.45. The number of nitrogens with one attached hydrogen (secondary N) is 1. The van der Waals surface area contributed by atoms with E-state index in [9.17, 15) is 18.4 Å². The molecule has 0 aliphatic heterocycles. The number of halogens is 2. The number of carboxylic acid groups (broad SMARTS) is 1. The van der Waals surface area contributed by atoms with Crippen LogP contribution in [0.15, 0.2) is 30.5 Å². The first-order valence-electron chi connectivity index (χ1n) is 5.47. The molecule has 1 heterocycles. The summed E-state index contributed by atoms with van der Waals surface area (Å²) in [5.41, 5.74) is -0.419. The molecule has 2 aromatic rings. The van der Waals surface area contributed by atoms with Crippen molar-refractivity contribution < 1.29 is 23.5 Å². The van der Waals surface area contributed by atoms with Gasteiger partial charge in [0.2, 0.25) is 0 Å². The summed E-state index contributed by atoms with van der Waals surface area (Å²) in [5.74, 6) is -3.36. The lowest BCUT2D eigenvalue weighted by Gasteiger charge is -2.04. The highest BCUT2D eigenvalue weighted by Gasteiger charge is 2.13. The molecular formula is C12H9F2N3O3. The maximum Gasteiger partial charge on any atom is 0.325 e. The number of anilines is 1. The molecule has 1 aromatic carbocycles. The van der Waals surface area contributed by atoms with Gasteiger partial charge in [0.15, 0.2) is 5.69 Å². The van der Waals surface area contributed by atoms with Gasteiger partial charge in [-0.15, -0.1) is 0 Å². The zero-order valence-corrected chi connectivity index (χ0v) is 10.0. The number of amides is 1. The first kappa shape index (κ1) is 13.7. The SMILES string of the molecule is O=C(O)Cn1ccc(C(=O)Nc2cc(F)ccc2F)n1. The minimum absolute atomic E-state index is 0.102. The Morgan fingerprint density at radius 3 is 2.75 bits per heavy atom. The number of hydrogen-bond donors (Lipinski definition) is 2. The molecule has 0 fully saturated rings. The molecule has 0 aliphatic rings. The summed E-state index contributed by atoms with van der Waals surface area (Å²) in [7, 11) is 0. The Labute approximate surface area is 111 Å². The number of aliphatic carboxylic acids is 1. The number of rotatable bonds is 4. The average molecular weight is 281 g/mol. The van der Waals surface area contributed by atoms with Gasteiger partial charge >= 0.3 is 5.97 Å². The predicted octanol–water partition coefficient (Wildman–Crippen LogP) is 1.50. The van der Waals surface area contributed by atoms with Gasteiger partial charge in [0.1, 0.15) is 18.2 Å². The van der Waals surface area contributed by atoms with Crippen molar-refractivity contribution in [3.63, 3.8) is 0 Å². The minimum atomic E-state index is -1.11. The molecule has 0 radical (unpaired) electrons. The Kier molecular flexibility index (Phi) is 3.74. The Morgan fingerprint density at radius 1 is 1.30 bits per heavy atom. The molecule has 0 aliphatic carbocycles. The fraction of sp³-hybridized carbons (Fsp3) is 0.0833. The van der Waals surface area contributed by atoms with Crippen molar-refractivity contribution in [3.05, 3.63) is 47.8 Å². The fourth-order valence-corrected chi connectivity index (χ4v) is 1.49. The summed E-state index contributed by atoms with van der Waals surface area (Å²) in [6.45, 7) is -0.401. The fourth-order valence-electron chi connectivity index (χ4n) is 1.49. The lowest BCUT2D eigenvalue weighted by atomic mass is 10.3. The highest BCUT2D eigenvalue weighted by molar-refractivity contribution is 6.02. The molecule has 1 amide bonds. The lowest BCUT2D eigenvalue weighted by molar-refractivity contribution is -0.137. The molecule has 0 saturated carbocycles. The van der Waals surface area contributed by atoms with Crippen LogP contribution in [0, 0.1) is 11.6 Å². The van der Waals surface area contributed by atoms with Crippen LogP contribution in [0.4, 0.5) is 14.5 Å². The van der Waals surface area contributed by atoms with E-state index in [-0.39, 0.29) is 11.4 Å². The van der Waals surface area contributed by atoms with E-state index in [1.54, 1.807) is 0 Å². The third kappa shape index (κ3) is 3.16. The number of hydrogen-bond acceptors (Lipinski definition) is 3. The Balaban J connectivity index is 2.13. The van der Waals surface area contributed by atoms with Crippen LogP contribution in [0.2, 0.25) is 0 Å². The van der Waals surface area contributed by atoms with Crippen molar-refractivity contribution in [1.82, 2.24) is 9.78 Å². The summed E-state index contributed by atoms with van der Waals surface area (Å²) in [6.07, 6.45) is 1.30. The molecule has 104 valence electrons. The molecule has 0 atom stereocenters. The second-order valence-corrected chi connectivity index (χ2v) is 3.87. The molecule has 0 spiro atoms. The Morgan fingerprint density at radius 2 is 2.05 bits per heavy atom. The predicted molar refractivity (Wildman–Crippen MR) is 64.2 cm³/mol. The highest BCUT2D eigenvalue weighted by atomic mass is 19.1. The monoisotopic (exact) mass is 281 g/mol. The van der Waals surface area contributed by atoms with Crippen LogP contribution in [0.5, 0.6) is 0 Å². The van der Waals surface area contributed by atoms with Gasteiger partial charge < -0.3 is 10.4 Å². The molecule has 2 N–H and O–H groups in total. The molecule has 0 saturated heterocycles. The van der Waals surface area contributed by atoms with E-state index in [1.165, 1.54) is 12.3 Å². The molecule has 20 heavy (non-hydrogen) atoms. The van der Waals surface area contributed by atoms with Crippen molar-refractivity contribution in [2.24, 2.45) is 0 Å². The molecule has 6 nitrogen and oxygen atoms in total. The van der Waals surface area contributed by atoms with Crippen molar-refractivity contribution in [1.29, 1.82) is 0 Å². The second-order valence-electron chi connectivity index (χ2n) is 3.87. The minimum Gasteiger partial charge on any atom is -0.480 e. The van der Waals surface area contributed by atoms with E-state index in [4.69, 9.17) is 5.11 Å². The Bertz CT molecular complexity index is 670. The number of carbonyl (C=O) groups excluding carboxylic acids is 1. The van der Waals surface area contributed by atoms with Gasteiger partial charge in [-0.3, -0.25) is 14.3 Å². The molecule has 2 rings (SSSR count). The zero-order chi connectivity index (χ0) is 14.7. The van der Waals surface area contributed by atoms with E-state index in [0.717, 1.165) is 22.9 Å². The van der Waals surface area contributed by atoms with Gasteiger partial charge in [-0.1, -0.05) is 0 Å². The van der Waals surface area contributed by atoms with Crippen LogP contribution in [-0.2, 0) is 11.3 Å². The molecule has 1 aromatic heterocycles. The van der Waals surface area contributed by atoms with E-state index < -0.39 is 30.1 Å². The normalized spacial score (nSPS) is 10.3. The van der Waals surface area contributed by atoms with E-state index >= 15 is 0 Å². The number of carbonyl (C=O) groups is 2. The standard InChI is InChI=1S/C12H9F2N3O3/c13-7-1-2-8(14)10(5-7)15-12(20)9-3-4-17(16-9)6-11(18)19/h1-5H,6H2,(H,15,20)(H,18,19). The highest BCUT2D eigenvalue weighted by Crippen LogP contribution is 2.16. The van der Waals surface area contributed by atoms with Crippen LogP contribution in [0.3, 0.4) is 0 Å². The maximum absolute atomic E-state index is 13.3. The molecule has 0 bridgehead atoms. The summed E-state index contributed by atoms with van der Waals surface area (Å²) in [5, 5.41) is 14.4. The van der Waals surface area contributed by atoms with Gasteiger partial charge in [-0.2, -0.15) is 5.10 Å². The van der Waals surface area contributed by atoms with E-state index in [0.29, 0.717) is 0 Å².